The van der Waals surface area contributed by atoms with E-state index in [9.17, 15) is 14.4 Å². The monoisotopic (exact) mass is 242 g/mol. The molecule has 0 bridgehead atoms. The van der Waals surface area contributed by atoms with Crippen LogP contribution in [0.3, 0.4) is 0 Å². The van der Waals surface area contributed by atoms with Crippen LogP contribution in [-0.2, 0) is 14.4 Å². The fourth-order valence-corrected chi connectivity index (χ4v) is 2.03. The molecule has 1 fully saturated rings. The molecular formula is C11H18N2O4. The number of carboxylic acid groups (broad SMARTS) is 1. The number of carbonyl (C=O) groups excluding carboxylic acids is 2. The highest BCUT2D eigenvalue weighted by atomic mass is 16.4. The molecule has 1 aliphatic heterocycles. The Kier molecular flexibility index (Phi) is 4.09. The first-order chi connectivity index (χ1) is 7.84. The van der Waals surface area contributed by atoms with Crippen LogP contribution in [0.1, 0.15) is 20.3 Å². The van der Waals surface area contributed by atoms with Crippen LogP contribution in [0.15, 0.2) is 0 Å². The molecule has 1 aliphatic rings. The Labute approximate surface area is 100 Å². The number of rotatable bonds is 3. The second-order valence-electron chi connectivity index (χ2n) is 4.44. The molecule has 6 nitrogen and oxygen atoms in total. The molecule has 0 aromatic rings. The predicted molar refractivity (Wildman–Crippen MR) is 60.2 cm³/mol. The Hall–Kier alpha value is -1.59. The average molecular weight is 242 g/mol. The number of hydrogen-bond acceptors (Lipinski definition) is 3. The Morgan fingerprint density at radius 3 is 2.41 bits per heavy atom. The molecule has 2 unspecified atom stereocenters. The first-order valence-electron chi connectivity index (χ1n) is 5.58. The smallest absolute Gasteiger partial charge is 0.308 e. The lowest BCUT2D eigenvalue weighted by atomic mass is 10.0. The molecule has 0 saturated carbocycles. The van der Waals surface area contributed by atoms with Crippen LogP contribution in [0.2, 0.25) is 0 Å². The van der Waals surface area contributed by atoms with Gasteiger partial charge in [0, 0.05) is 26.6 Å². The Morgan fingerprint density at radius 1 is 1.41 bits per heavy atom. The van der Waals surface area contributed by atoms with Crippen LogP contribution in [0.5, 0.6) is 0 Å². The third-order valence-corrected chi connectivity index (χ3v) is 3.30. The van der Waals surface area contributed by atoms with Crippen molar-refractivity contribution in [1.29, 1.82) is 0 Å². The highest BCUT2D eigenvalue weighted by Gasteiger charge is 2.38. The summed E-state index contributed by atoms with van der Waals surface area (Å²) >= 11 is 0. The summed E-state index contributed by atoms with van der Waals surface area (Å²) < 4.78 is 0. The number of hydrogen-bond donors (Lipinski definition) is 1. The summed E-state index contributed by atoms with van der Waals surface area (Å²) in [6, 6.07) is -0.305. The third-order valence-electron chi connectivity index (χ3n) is 3.30. The molecule has 6 heteroatoms. The summed E-state index contributed by atoms with van der Waals surface area (Å²) in [5.74, 6) is -1.74. The highest BCUT2D eigenvalue weighted by molar-refractivity contribution is 5.85. The van der Waals surface area contributed by atoms with Crippen LogP contribution in [0.25, 0.3) is 0 Å². The molecule has 0 spiro atoms. The number of carbonyl (C=O) groups is 3. The van der Waals surface area contributed by atoms with Crippen molar-refractivity contribution in [2.75, 3.05) is 20.1 Å². The zero-order valence-electron chi connectivity index (χ0n) is 10.3. The molecular weight excluding hydrogens is 224 g/mol. The van der Waals surface area contributed by atoms with E-state index in [0.29, 0.717) is 13.0 Å². The normalized spacial score (nSPS) is 23.6. The minimum atomic E-state index is -0.868. The molecule has 17 heavy (non-hydrogen) atoms. The second kappa shape index (κ2) is 5.16. The van der Waals surface area contributed by atoms with E-state index in [0.717, 1.165) is 0 Å². The summed E-state index contributed by atoms with van der Waals surface area (Å²) in [4.78, 5) is 36.7. The van der Waals surface area contributed by atoms with Crippen LogP contribution < -0.4 is 0 Å². The van der Waals surface area contributed by atoms with Gasteiger partial charge >= 0.3 is 5.97 Å². The molecule has 2 atom stereocenters. The zero-order valence-corrected chi connectivity index (χ0v) is 10.3. The molecule has 0 radical (unpaired) electrons. The average Bonchev–Trinajstić information content (AvgIpc) is 2.59. The van der Waals surface area contributed by atoms with E-state index in [1.165, 1.54) is 16.7 Å². The topological polar surface area (TPSA) is 77.9 Å². The van der Waals surface area contributed by atoms with Gasteiger partial charge in [0.05, 0.1) is 12.5 Å². The van der Waals surface area contributed by atoms with Gasteiger partial charge in [-0.15, -0.1) is 0 Å². The minimum absolute atomic E-state index is 0.00596. The van der Waals surface area contributed by atoms with Gasteiger partial charge in [-0.3, -0.25) is 14.4 Å². The number of likely N-dealkylation sites (N-methyl/N-ethyl adjacent to an activating group) is 1. The van der Waals surface area contributed by atoms with Crippen molar-refractivity contribution >= 4 is 17.8 Å². The van der Waals surface area contributed by atoms with E-state index >= 15 is 0 Å². The van der Waals surface area contributed by atoms with E-state index in [4.69, 9.17) is 5.11 Å². The van der Waals surface area contributed by atoms with E-state index in [1.807, 2.05) is 0 Å². The van der Waals surface area contributed by atoms with Crippen molar-refractivity contribution in [3.05, 3.63) is 0 Å². The largest absolute Gasteiger partial charge is 0.481 e. The molecule has 1 rings (SSSR count). The first kappa shape index (κ1) is 13.5. The second-order valence-corrected chi connectivity index (χ2v) is 4.44. The lowest BCUT2D eigenvalue weighted by molar-refractivity contribution is -0.144. The Morgan fingerprint density at radius 2 is 2.00 bits per heavy atom. The van der Waals surface area contributed by atoms with Gasteiger partial charge in [-0.1, -0.05) is 0 Å². The summed E-state index contributed by atoms with van der Waals surface area (Å²) in [7, 11) is 1.55. The van der Waals surface area contributed by atoms with Gasteiger partial charge in [0.1, 0.15) is 0 Å². The third kappa shape index (κ3) is 2.95. The highest BCUT2D eigenvalue weighted by Crippen LogP contribution is 2.24. The Balaban J connectivity index is 2.60. The van der Waals surface area contributed by atoms with Gasteiger partial charge in [-0.05, 0) is 13.3 Å². The van der Waals surface area contributed by atoms with Crippen LogP contribution in [-0.4, -0.2) is 58.9 Å². The summed E-state index contributed by atoms with van der Waals surface area (Å²) in [5.41, 5.74) is 0. The standard InChI is InChI=1S/C11H18N2O4/c1-7-9(11(16)17)4-5-13(7)10(15)6-12(3)8(2)14/h7,9H,4-6H2,1-3H3,(H,16,17). The molecule has 1 N–H and O–H groups in total. The fourth-order valence-electron chi connectivity index (χ4n) is 2.03. The molecule has 1 saturated heterocycles. The maximum absolute atomic E-state index is 11.9. The van der Waals surface area contributed by atoms with Gasteiger partial charge < -0.3 is 14.9 Å². The SMILES string of the molecule is CC(=O)N(C)CC(=O)N1CCC(C(=O)O)C1C. The van der Waals surface area contributed by atoms with Crippen LogP contribution in [0.4, 0.5) is 0 Å². The fraction of sp³-hybridized carbons (Fsp3) is 0.727. The lowest BCUT2D eigenvalue weighted by Crippen LogP contribution is -2.43. The lowest BCUT2D eigenvalue weighted by Gasteiger charge is -2.25. The summed E-state index contributed by atoms with van der Waals surface area (Å²) in [6.07, 6.45) is 0.478. The van der Waals surface area contributed by atoms with Crippen molar-refractivity contribution < 1.29 is 19.5 Å². The number of aliphatic carboxylic acids is 1. The van der Waals surface area contributed by atoms with Crippen molar-refractivity contribution in [2.45, 2.75) is 26.3 Å². The van der Waals surface area contributed by atoms with Crippen LogP contribution in [0, 0.1) is 5.92 Å². The van der Waals surface area contributed by atoms with Crippen molar-refractivity contribution in [3.63, 3.8) is 0 Å². The number of nitrogens with zero attached hydrogens (tertiary/aromatic N) is 2. The van der Waals surface area contributed by atoms with Crippen molar-refractivity contribution in [3.8, 4) is 0 Å². The van der Waals surface area contributed by atoms with E-state index in [-0.39, 0.29) is 24.4 Å². The first-order valence-corrected chi connectivity index (χ1v) is 5.58. The number of amides is 2. The maximum Gasteiger partial charge on any atom is 0.308 e. The zero-order chi connectivity index (χ0) is 13.2. The maximum atomic E-state index is 11.9. The molecule has 0 aromatic heterocycles. The molecule has 2 amide bonds. The summed E-state index contributed by atoms with van der Waals surface area (Å²) in [5, 5.41) is 8.95. The molecule has 1 heterocycles. The van der Waals surface area contributed by atoms with Crippen molar-refractivity contribution in [1.82, 2.24) is 9.80 Å². The molecule has 96 valence electrons. The summed E-state index contributed by atoms with van der Waals surface area (Å²) in [6.45, 7) is 3.58. The van der Waals surface area contributed by atoms with Crippen molar-refractivity contribution in [2.24, 2.45) is 5.92 Å². The van der Waals surface area contributed by atoms with Gasteiger partial charge in [-0.25, -0.2) is 0 Å². The molecule has 0 aromatic carbocycles. The van der Waals surface area contributed by atoms with Gasteiger partial charge in [0.2, 0.25) is 11.8 Å². The van der Waals surface area contributed by atoms with Gasteiger partial charge in [0.25, 0.3) is 0 Å². The Bertz CT molecular complexity index is 342. The van der Waals surface area contributed by atoms with Gasteiger partial charge in [0.15, 0.2) is 0 Å². The van der Waals surface area contributed by atoms with E-state index in [1.54, 1.807) is 14.0 Å². The minimum Gasteiger partial charge on any atom is -0.481 e. The van der Waals surface area contributed by atoms with E-state index in [2.05, 4.69) is 0 Å². The number of likely N-dealkylation sites (tertiary alicyclic amines) is 1. The predicted octanol–water partition coefficient (Wildman–Crippen LogP) is -0.214. The van der Waals surface area contributed by atoms with Gasteiger partial charge in [-0.2, -0.15) is 0 Å². The molecule has 0 aliphatic carbocycles. The number of carboxylic acids is 1. The van der Waals surface area contributed by atoms with Crippen LogP contribution >= 0.6 is 0 Å². The van der Waals surface area contributed by atoms with E-state index < -0.39 is 11.9 Å². The quantitative estimate of drug-likeness (QED) is 0.742.